The van der Waals surface area contributed by atoms with Crippen LogP contribution in [0, 0.1) is 12.7 Å². The van der Waals surface area contributed by atoms with E-state index in [9.17, 15) is 9.18 Å². The molecule has 0 aliphatic carbocycles. The molecule has 4 rings (SSSR count). The van der Waals surface area contributed by atoms with E-state index in [1.165, 1.54) is 12.1 Å². The molecule has 1 amide bonds. The van der Waals surface area contributed by atoms with E-state index in [4.69, 9.17) is 4.74 Å². The van der Waals surface area contributed by atoms with Gasteiger partial charge >= 0.3 is 0 Å². The van der Waals surface area contributed by atoms with Gasteiger partial charge in [-0.2, -0.15) is 0 Å². The first kappa shape index (κ1) is 19.4. The standard InChI is InChI=1S/C23H26FN3O2/c1-14(2)17-8-6-15(3)11-21(17)29-13-22(28)27-10-4-5-20(27)23-25-18-9-7-16(24)12-19(18)26-23/h6-9,11-12,14,20H,4-5,10,13H2,1-3H3,(H,25,26). The monoisotopic (exact) mass is 395 g/mol. The van der Waals surface area contributed by atoms with Gasteiger partial charge in [0.05, 0.1) is 17.1 Å². The van der Waals surface area contributed by atoms with Crippen molar-refractivity contribution in [2.24, 2.45) is 0 Å². The Morgan fingerprint density at radius 2 is 2.14 bits per heavy atom. The van der Waals surface area contributed by atoms with Crippen LogP contribution in [0.15, 0.2) is 36.4 Å². The van der Waals surface area contributed by atoms with Crippen LogP contribution in [0.3, 0.4) is 0 Å². The summed E-state index contributed by atoms with van der Waals surface area (Å²) in [6.45, 7) is 6.90. The average molecular weight is 395 g/mol. The van der Waals surface area contributed by atoms with Crippen molar-refractivity contribution in [2.75, 3.05) is 13.2 Å². The Hall–Kier alpha value is -2.89. The third-order valence-electron chi connectivity index (χ3n) is 5.49. The highest BCUT2D eigenvalue weighted by molar-refractivity contribution is 5.79. The molecule has 2 heterocycles. The zero-order valence-corrected chi connectivity index (χ0v) is 17.0. The lowest BCUT2D eigenvalue weighted by molar-refractivity contribution is -0.134. The molecule has 6 heteroatoms. The first-order valence-electron chi connectivity index (χ1n) is 10.1. The van der Waals surface area contributed by atoms with Crippen molar-refractivity contribution in [3.63, 3.8) is 0 Å². The molecular weight excluding hydrogens is 369 g/mol. The summed E-state index contributed by atoms with van der Waals surface area (Å²) >= 11 is 0. The van der Waals surface area contributed by atoms with E-state index >= 15 is 0 Å². The largest absolute Gasteiger partial charge is 0.483 e. The Morgan fingerprint density at radius 1 is 1.31 bits per heavy atom. The summed E-state index contributed by atoms with van der Waals surface area (Å²) in [5.41, 5.74) is 3.56. The molecule has 1 fully saturated rings. The summed E-state index contributed by atoms with van der Waals surface area (Å²) in [4.78, 5) is 22.5. The number of halogens is 1. The van der Waals surface area contributed by atoms with Crippen molar-refractivity contribution in [2.45, 2.75) is 45.6 Å². The van der Waals surface area contributed by atoms with Gasteiger partial charge in [-0.15, -0.1) is 0 Å². The fourth-order valence-electron chi connectivity index (χ4n) is 3.97. The molecule has 1 aliphatic rings. The molecule has 2 aromatic carbocycles. The van der Waals surface area contributed by atoms with Crippen LogP contribution in [0.5, 0.6) is 5.75 Å². The van der Waals surface area contributed by atoms with Gasteiger partial charge in [0.2, 0.25) is 0 Å². The van der Waals surface area contributed by atoms with Crippen LogP contribution in [-0.4, -0.2) is 33.9 Å². The molecule has 1 N–H and O–H groups in total. The minimum absolute atomic E-state index is 0.00543. The van der Waals surface area contributed by atoms with Gasteiger partial charge in [0.25, 0.3) is 5.91 Å². The van der Waals surface area contributed by atoms with E-state index in [1.54, 1.807) is 6.07 Å². The second-order valence-electron chi connectivity index (χ2n) is 8.01. The van der Waals surface area contributed by atoms with Crippen LogP contribution >= 0.6 is 0 Å². The van der Waals surface area contributed by atoms with Crippen LogP contribution in [0.4, 0.5) is 4.39 Å². The molecule has 29 heavy (non-hydrogen) atoms. The number of hydrogen-bond donors (Lipinski definition) is 1. The summed E-state index contributed by atoms with van der Waals surface area (Å²) in [6.07, 6.45) is 1.74. The van der Waals surface area contributed by atoms with E-state index in [-0.39, 0.29) is 24.4 Å². The minimum Gasteiger partial charge on any atom is -0.483 e. The topological polar surface area (TPSA) is 58.2 Å². The first-order valence-corrected chi connectivity index (χ1v) is 10.1. The molecule has 1 unspecified atom stereocenters. The maximum atomic E-state index is 13.5. The number of aromatic amines is 1. The molecule has 1 aliphatic heterocycles. The van der Waals surface area contributed by atoms with Gasteiger partial charge in [-0.05, 0) is 61.1 Å². The Morgan fingerprint density at radius 3 is 2.93 bits per heavy atom. The van der Waals surface area contributed by atoms with Crippen LogP contribution < -0.4 is 4.74 Å². The number of benzene rings is 2. The summed E-state index contributed by atoms with van der Waals surface area (Å²) in [5.74, 6) is 1.42. The van der Waals surface area contributed by atoms with Gasteiger partial charge in [0, 0.05) is 6.54 Å². The van der Waals surface area contributed by atoms with Gasteiger partial charge in [0.1, 0.15) is 17.4 Å². The van der Waals surface area contributed by atoms with Crippen molar-refractivity contribution in [3.05, 3.63) is 59.2 Å². The fraction of sp³-hybridized carbons (Fsp3) is 0.391. The predicted molar refractivity (Wildman–Crippen MR) is 111 cm³/mol. The molecule has 1 atom stereocenters. The molecule has 1 saturated heterocycles. The Balaban J connectivity index is 1.50. The normalized spacial score (nSPS) is 16.7. The molecule has 152 valence electrons. The SMILES string of the molecule is Cc1ccc(C(C)C)c(OCC(=O)N2CCCC2c2nc3ccc(F)cc3[nH]2)c1. The zero-order valence-electron chi connectivity index (χ0n) is 17.0. The number of fused-ring (bicyclic) bond motifs is 1. The second-order valence-corrected chi connectivity index (χ2v) is 8.01. The van der Waals surface area contributed by atoms with Crippen molar-refractivity contribution >= 4 is 16.9 Å². The summed E-state index contributed by atoms with van der Waals surface area (Å²) < 4.78 is 19.4. The number of ether oxygens (including phenoxy) is 1. The van der Waals surface area contributed by atoms with E-state index in [0.29, 0.717) is 29.3 Å². The Bertz CT molecular complexity index is 1040. The number of H-pyrrole nitrogens is 1. The molecule has 3 aromatic rings. The number of amides is 1. The number of hydrogen-bond acceptors (Lipinski definition) is 3. The summed E-state index contributed by atoms with van der Waals surface area (Å²) in [5, 5.41) is 0. The van der Waals surface area contributed by atoms with Gasteiger partial charge in [0.15, 0.2) is 6.61 Å². The van der Waals surface area contributed by atoms with E-state index < -0.39 is 0 Å². The van der Waals surface area contributed by atoms with Crippen molar-refractivity contribution in [1.29, 1.82) is 0 Å². The smallest absolute Gasteiger partial charge is 0.261 e. The average Bonchev–Trinajstić information content (AvgIpc) is 3.32. The predicted octanol–water partition coefficient (Wildman–Crippen LogP) is 4.88. The van der Waals surface area contributed by atoms with Crippen LogP contribution in [0.2, 0.25) is 0 Å². The lowest BCUT2D eigenvalue weighted by atomic mass is 10.0. The lowest BCUT2D eigenvalue weighted by Crippen LogP contribution is -2.35. The summed E-state index contributed by atoms with van der Waals surface area (Å²) in [7, 11) is 0. The number of imidazole rings is 1. The van der Waals surface area contributed by atoms with Crippen LogP contribution in [-0.2, 0) is 4.79 Å². The third-order valence-corrected chi connectivity index (χ3v) is 5.49. The molecular formula is C23H26FN3O2. The molecule has 0 saturated carbocycles. The van der Waals surface area contributed by atoms with Crippen molar-refractivity contribution in [1.82, 2.24) is 14.9 Å². The fourth-order valence-corrected chi connectivity index (χ4v) is 3.97. The van der Waals surface area contributed by atoms with Gasteiger partial charge < -0.3 is 14.6 Å². The van der Waals surface area contributed by atoms with Gasteiger partial charge in [-0.3, -0.25) is 4.79 Å². The minimum atomic E-state index is -0.306. The molecule has 5 nitrogen and oxygen atoms in total. The van der Waals surface area contributed by atoms with Crippen molar-refractivity contribution in [3.8, 4) is 5.75 Å². The Labute approximate surface area is 169 Å². The summed E-state index contributed by atoms with van der Waals surface area (Å²) in [6, 6.07) is 10.5. The molecule has 1 aromatic heterocycles. The maximum absolute atomic E-state index is 13.5. The maximum Gasteiger partial charge on any atom is 0.261 e. The van der Waals surface area contributed by atoms with Crippen LogP contribution in [0.25, 0.3) is 11.0 Å². The van der Waals surface area contributed by atoms with Gasteiger partial charge in [-0.25, -0.2) is 9.37 Å². The number of likely N-dealkylation sites (tertiary alicyclic amines) is 1. The highest BCUT2D eigenvalue weighted by atomic mass is 19.1. The Kier molecular flexibility index (Phi) is 5.26. The second kappa shape index (κ2) is 7.85. The molecule has 0 bridgehead atoms. The molecule has 0 spiro atoms. The number of carbonyl (C=O) groups excluding carboxylic acids is 1. The lowest BCUT2D eigenvalue weighted by Gasteiger charge is -2.24. The number of carbonyl (C=O) groups is 1. The number of nitrogens with zero attached hydrogens (tertiary/aromatic N) is 2. The van der Waals surface area contributed by atoms with Crippen LogP contribution in [0.1, 0.15) is 55.6 Å². The number of nitrogens with one attached hydrogen (secondary N) is 1. The van der Waals surface area contributed by atoms with E-state index in [0.717, 1.165) is 29.7 Å². The number of aromatic nitrogens is 2. The highest BCUT2D eigenvalue weighted by Crippen LogP contribution is 2.32. The van der Waals surface area contributed by atoms with E-state index in [2.05, 4.69) is 35.9 Å². The van der Waals surface area contributed by atoms with E-state index in [1.807, 2.05) is 17.9 Å². The molecule has 0 radical (unpaired) electrons. The highest BCUT2D eigenvalue weighted by Gasteiger charge is 2.32. The van der Waals surface area contributed by atoms with Crippen molar-refractivity contribution < 1.29 is 13.9 Å². The quantitative estimate of drug-likeness (QED) is 0.670. The third kappa shape index (κ3) is 3.97. The number of aryl methyl sites for hydroxylation is 1. The first-order chi connectivity index (χ1) is 13.9. The number of rotatable bonds is 5. The van der Waals surface area contributed by atoms with Gasteiger partial charge in [-0.1, -0.05) is 26.0 Å². The zero-order chi connectivity index (χ0) is 20.5.